The number of anilines is 1. The molecule has 0 spiro atoms. The molecule has 7 heteroatoms. The standard InChI is InChI=1S/C21H23ClN2O3S/c22-15-7-9-17(10-8-15)28-13-11-20(25)24-19-6-2-1-5-18(19)21(26)23-14-16-4-3-12-27-16/h1-2,5-10,16H,3-4,11-14H2,(H,23,26)(H,24,25)/t16-/m1/s1. The second-order valence-corrected chi connectivity index (χ2v) is 8.10. The minimum absolute atomic E-state index is 0.0793. The lowest BCUT2D eigenvalue weighted by Gasteiger charge is -2.13. The van der Waals surface area contributed by atoms with Crippen molar-refractivity contribution in [3.63, 3.8) is 0 Å². The van der Waals surface area contributed by atoms with Crippen molar-refractivity contribution in [3.8, 4) is 0 Å². The number of hydrogen-bond donors (Lipinski definition) is 2. The van der Waals surface area contributed by atoms with Gasteiger partial charge in [0.1, 0.15) is 0 Å². The topological polar surface area (TPSA) is 67.4 Å². The van der Waals surface area contributed by atoms with Crippen LogP contribution in [0.2, 0.25) is 5.02 Å². The molecule has 1 heterocycles. The van der Waals surface area contributed by atoms with Gasteiger partial charge in [-0.3, -0.25) is 9.59 Å². The Bertz CT molecular complexity index is 808. The first-order chi connectivity index (χ1) is 13.6. The number of hydrogen-bond acceptors (Lipinski definition) is 4. The van der Waals surface area contributed by atoms with Crippen molar-refractivity contribution in [3.05, 3.63) is 59.1 Å². The average molecular weight is 419 g/mol. The highest BCUT2D eigenvalue weighted by Crippen LogP contribution is 2.22. The Balaban J connectivity index is 1.49. The Morgan fingerprint density at radius 1 is 1.14 bits per heavy atom. The van der Waals surface area contributed by atoms with E-state index in [2.05, 4.69) is 10.6 Å². The maximum Gasteiger partial charge on any atom is 0.253 e. The predicted molar refractivity (Wildman–Crippen MR) is 113 cm³/mol. The number of benzene rings is 2. The molecule has 5 nitrogen and oxygen atoms in total. The second-order valence-electron chi connectivity index (χ2n) is 6.49. The number of amides is 2. The van der Waals surface area contributed by atoms with E-state index in [1.165, 1.54) is 0 Å². The third kappa shape index (κ3) is 6.26. The lowest BCUT2D eigenvalue weighted by atomic mass is 10.1. The Hall–Kier alpha value is -2.02. The molecule has 3 rings (SSSR count). The van der Waals surface area contributed by atoms with E-state index < -0.39 is 0 Å². The van der Waals surface area contributed by atoms with Gasteiger partial charge in [-0.05, 0) is 49.2 Å². The summed E-state index contributed by atoms with van der Waals surface area (Å²) in [6.07, 6.45) is 2.42. The van der Waals surface area contributed by atoms with Gasteiger partial charge in [0.15, 0.2) is 0 Å². The molecule has 0 aromatic heterocycles. The third-order valence-corrected chi connectivity index (χ3v) is 5.64. The van der Waals surface area contributed by atoms with Crippen LogP contribution in [-0.2, 0) is 9.53 Å². The highest BCUT2D eigenvalue weighted by atomic mass is 35.5. The first-order valence-corrected chi connectivity index (χ1v) is 10.7. The van der Waals surface area contributed by atoms with E-state index in [0.29, 0.717) is 35.0 Å². The van der Waals surface area contributed by atoms with E-state index in [4.69, 9.17) is 16.3 Å². The highest BCUT2D eigenvalue weighted by molar-refractivity contribution is 7.99. The van der Waals surface area contributed by atoms with Crippen LogP contribution in [-0.4, -0.2) is 36.8 Å². The summed E-state index contributed by atoms with van der Waals surface area (Å²) in [5, 5.41) is 6.43. The summed E-state index contributed by atoms with van der Waals surface area (Å²) >= 11 is 7.46. The van der Waals surface area contributed by atoms with Gasteiger partial charge in [0.05, 0.1) is 17.4 Å². The first-order valence-electron chi connectivity index (χ1n) is 9.29. The summed E-state index contributed by atoms with van der Waals surface area (Å²) < 4.78 is 5.53. The van der Waals surface area contributed by atoms with Gasteiger partial charge in [0.2, 0.25) is 5.91 Å². The third-order valence-electron chi connectivity index (χ3n) is 4.37. The van der Waals surface area contributed by atoms with Gasteiger partial charge in [-0.15, -0.1) is 11.8 Å². The van der Waals surface area contributed by atoms with Crippen molar-refractivity contribution < 1.29 is 14.3 Å². The Labute approximate surface area is 174 Å². The van der Waals surface area contributed by atoms with Crippen molar-refractivity contribution in [2.75, 3.05) is 24.2 Å². The Morgan fingerprint density at radius 2 is 1.93 bits per heavy atom. The molecule has 2 aromatic carbocycles. The molecule has 1 aliphatic rings. The molecule has 1 saturated heterocycles. The van der Waals surface area contributed by atoms with Crippen LogP contribution < -0.4 is 10.6 Å². The van der Waals surface area contributed by atoms with Crippen LogP contribution in [0.1, 0.15) is 29.6 Å². The van der Waals surface area contributed by atoms with E-state index in [9.17, 15) is 9.59 Å². The van der Waals surface area contributed by atoms with E-state index >= 15 is 0 Å². The maximum absolute atomic E-state index is 12.5. The molecule has 0 saturated carbocycles. The predicted octanol–water partition coefficient (Wildman–Crippen LogP) is 4.37. The number of carbonyl (C=O) groups is 2. The minimum Gasteiger partial charge on any atom is -0.376 e. The van der Waals surface area contributed by atoms with Crippen molar-refractivity contribution in [1.29, 1.82) is 0 Å². The van der Waals surface area contributed by atoms with Crippen molar-refractivity contribution in [2.24, 2.45) is 0 Å². The SMILES string of the molecule is O=C(CCSc1ccc(Cl)cc1)Nc1ccccc1C(=O)NC[C@H]1CCCO1. The molecule has 1 atom stereocenters. The summed E-state index contributed by atoms with van der Waals surface area (Å²) in [6, 6.07) is 14.6. The number of rotatable bonds is 8. The van der Waals surface area contributed by atoms with Gasteiger partial charge in [-0.1, -0.05) is 23.7 Å². The van der Waals surface area contributed by atoms with Gasteiger partial charge in [-0.2, -0.15) is 0 Å². The molecule has 2 aromatic rings. The van der Waals surface area contributed by atoms with Gasteiger partial charge in [-0.25, -0.2) is 0 Å². The van der Waals surface area contributed by atoms with Gasteiger partial charge in [0, 0.05) is 35.2 Å². The fraction of sp³-hybridized carbons (Fsp3) is 0.333. The monoisotopic (exact) mass is 418 g/mol. The van der Waals surface area contributed by atoms with Crippen LogP contribution in [0.5, 0.6) is 0 Å². The quantitative estimate of drug-likeness (QED) is 0.624. The number of ether oxygens (including phenoxy) is 1. The largest absolute Gasteiger partial charge is 0.376 e. The average Bonchev–Trinajstić information content (AvgIpc) is 3.22. The zero-order valence-corrected chi connectivity index (χ0v) is 17.0. The summed E-state index contributed by atoms with van der Waals surface area (Å²) in [5.41, 5.74) is 0.980. The zero-order chi connectivity index (χ0) is 19.8. The summed E-state index contributed by atoms with van der Waals surface area (Å²) in [6.45, 7) is 1.24. The number of thioether (sulfide) groups is 1. The molecule has 0 bridgehead atoms. The van der Waals surface area contributed by atoms with Crippen molar-refractivity contribution in [2.45, 2.75) is 30.3 Å². The highest BCUT2D eigenvalue weighted by Gasteiger charge is 2.18. The molecule has 1 fully saturated rings. The van der Waals surface area contributed by atoms with Crippen LogP contribution in [0.3, 0.4) is 0 Å². The van der Waals surface area contributed by atoms with Gasteiger partial charge < -0.3 is 15.4 Å². The van der Waals surface area contributed by atoms with Gasteiger partial charge in [0.25, 0.3) is 5.91 Å². The Morgan fingerprint density at radius 3 is 2.68 bits per heavy atom. The van der Waals surface area contributed by atoms with Crippen LogP contribution in [0.25, 0.3) is 0 Å². The second kappa shape index (κ2) is 10.5. The van der Waals surface area contributed by atoms with Crippen molar-refractivity contribution >= 4 is 40.9 Å². The lowest BCUT2D eigenvalue weighted by molar-refractivity contribution is -0.115. The fourth-order valence-corrected chi connectivity index (χ4v) is 3.88. The van der Waals surface area contributed by atoms with Gasteiger partial charge >= 0.3 is 0 Å². The van der Waals surface area contributed by atoms with E-state index in [1.807, 2.05) is 24.3 Å². The zero-order valence-electron chi connectivity index (χ0n) is 15.4. The first kappa shape index (κ1) is 20.7. The molecule has 148 valence electrons. The fourth-order valence-electron chi connectivity index (χ4n) is 2.90. The molecule has 1 aliphatic heterocycles. The van der Waals surface area contributed by atoms with E-state index in [1.54, 1.807) is 36.0 Å². The van der Waals surface area contributed by atoms with E-state index in [0.717, 1.165) is 24.3 Å². The van der Waals surface area contributed by atoms with Crippen LogP contribution >= 0.6 is 23.4 Å². The van der Waals surface area contributed by atoms with Crippen LogP contribution in [0.4, 0.5) is 5.69 Å². The normalized spacial score (nSPS) is 16.0. The molecule has 0 radical (unpaired) electrons. The van der Waals surface area contributed by atoms with E-state index in [-0.39, 0.29) is 17.9 Å². The summed E-state index contributed by atoms with van der Waals surface area (Å²) in [4.78, 5) is 25.9. The lowest BCUT2D eigenvalue weighted by Crippen LogP contribution is -2.32. The maximum atomic E-state index is 12.5. The summed E-state index contributed by atoms with van der Waals surface area (Å²) in [5.74, 6) is 0.309. The molecule has 0 unspecified atom stereocenters. The number of halogens is 1. The molecular weight excluding hydrogens is 396 g/mol. The smallest absolute Gasteiger partial charge is 0.253 e. The number of nitrogens with one attached hydrogen (secondary N) is 2. The Kier molecular flexibility index (Phi) is 7.77. The molecule has 0 aliphatic carbocycles. The number of para-hydroxylation sites is 1. The minimum atomic E-state index is -0.207. The molecular formula is C21H23ClN2O3S. The molecule has 28 heavy (non-hydrogen) atoms. The molecule has 2 amide bonds. The number of carbonyl (C=O) groups excluding carboxylic acids is 2. The van der Waals surface area contributed by atoms with Crippen LogP contribution in [0, 0.1) is 0 Å². The molecule has 2 N–H and O–H groups in total. The van der Waals surface area contributed by atoms with Crippen molar-refractivity contribution in [1.82, 2.24) is 5.32 Å². The van der Waals surface area contributed by atoms with Crippen LogP contribution in [0.15, 0.2) is 53.4 Å². The summed E-state index contributed by atoms with van der Waals surface area (Å²) in [7, 11) is 0.